The molecule has 0 radical (unpaired) electrons. The number of fused-ring (bicyclic) bond motifs is 5. The number of hydrogen-bond acceptors (Lipinski definition) is 2. The van der Waals surface area contributed by atoms with E-state index in [1.54, 1.807) is 0 Å². The lowest BCUT2D eigenvalue weighted by molar-refractivity contribution is 0.356. The van der Waals surface area contributed by atoms with Crippen molar-refractivity contribution in [3.8, 4) is 11.3 Å². The first-order valence-electron chi connectivity index (χ1n) is 11.1. The molecule has 3 aromatic carbocycles. The van der Waals surface area contributed by atoms with E-state index in [4.69, 9.17) is 4.42 Å². The molecule has 1 saturated carbocycles. The Morgan fingerprint density at radius 3 is 2.63 bits per heavy atom. The van der Waals surface area contributed by atoms with Gasteiger partial charge in [0.25, 0.3) is 0 Å². The average molecular weight is 392 g/mol. The summed E-state index contributed by atoms with van der Waals surface area (Å²) in [6, 6.07) is 23.7. The van der Waals surface area contributed by atoms with Crippen LogP contribution in [0.4, 0.5) is 0 Å². The highest BCUT2D eigenvalue weighted by atomic mass is 16.3. The van der Waals surface area contributed by atoms with Crippen LogP contribution in [0.5, 0.6) is 0 Å². The highest BCUT2D eigenvalue weighted by Gasteiger charge is 2.15. The molecule has 0 spiro atoms. The van der Waals surface area contributed by atoms with E-state index < -0.39 is 0 Å². The van der Waals surface area contributed by atoms with Gasteiger partial charge in [-0.2, -0.15) is 0 Å². The fourth-order valence-corrected chi connectivity index (χ4v) is 5.19. The summed E-state index contributed by atoms with van der Waals surface area (Å²) in [5.74, 6) is 0.833. The van der Waals surface area contributed by atoms with E-state index >= 15 is 0 Å². The topological polar surface area (TPSA) is 26.0 Å². The minimum atomic E-state index is 0.833. The molecule has 0 N–H and O–H groups in total. The van der Waals surface area contributed by atoms with Crippen molar-refractivity contribution < 1.29 is 4.42 Å². The molecule has 1 fully saturated rings. The second-order valence-electron chi connectivity index (χ2n) is 8.73. The Morgan fingerprint density at radius 1 is 0.800 bits per heavy atom. The third-order valence-electron chi connectivity index (χ3n) is 6.73. The summed E-state index contributed by atoms with van der Waals surface area (Å²) in [6.07, 6.45) is 10.1. The molecule has 1 aliphatic rings. The fraction of sp³-hybridized carbons (Fsp3) is 0.250. The Morgan fingerprint density at radius 2 is 1.70 bits per heavy atom. The number of pyridine rings is 1. The van der Waals surface area contributed by atoms with Gasteiger partial charge in [-0.1, -0.05) is 68.5 Å². The van der Waals surface area contributed by atoms with E-state index in [1.165, 1.54) is 65.6 Å². The summed E-state index contributed by atoms with van der Waals surface area (Å²) in [5.41, 5.74) is 5.44. The Labute approximate surface area is 176 Å². The normalized spacial score (nSPS) is 15.3. The van der Waals surface area contributed by atoms with Gasteiger partial charge in [-0.15, -0.1) is 0 Å². The van der Waals surface area contributed by atoms with E-state index in [1.807, 2.05) is 6.20 Å². The standard InChI is InChI=1S/C28H25NO/c1-2-6-19(7-3-1)16-20-14-15-29-25(17-20)22-10-12-24-27(18-22)30-26-13-11-21-8-4-5-9-23(21)28(24)26/h4-5,8-15,17-19H,1-3,6-7,16H2. The SMILES string of the molecule is c1ccc2c(c1)ccc1oc3cc(-c4cc(CC5CCCCC5)ccn4)ccc3c12. The van der Waals surface area contributed by atoms with Gasteiger partial charge in [0.15, 0.2) is 0 Å². The third kappa shape index (κ3) is 3.08. The number of aromatic nitrogens is 1. The number of hydrogen-bond donors (Lipinski definition) is 0. The largest absolute Gasteiger partial charge is 0.456 e. The zero-order valence-electron chi connectivity index (χ0n) is 17.1. The van der Waals surface area contributed by atoms with Crippen molar-refractivity contribution in [1.82, 2.24) is 4.98 Å². The summed E-state index contributed by atoms with van der Waals surface area (Å²) < 4.78 is 6.25. The van der Waals surface area contributed by atoms with Gasteiger partial charge in [-0.3, -0.25) is 4.98 Å². The molecule has 0 unspecified atom stereocenters. The molecule has 30 heavy (non-hydrogen) atoms. The molecule has 2 heteroatoms. The Balaban J connectivity index is 1.40. The smallest absolute Gasteiger partial charge is 0.136 e. The molecule has 148 valence electrons. The Kier molecular flexibility index (Phi) is 4.30. The predicted molar refractivity (Wildman–Crippen MR) is 125 cm³/mol. The number of benzene rings is 3. The predicted octanol–water partition coefficient (Wildman–Crippen LogP) is 7.92. The molecule has 0 amide bonds. The molecule has 0 saturated heterocycles. The van der Waals surface area contributed by atoms with Gasteiger partial charge in [-0.25, -0.2) is 0 Å². The van der Waals surface area contributed by atoms with Crippen molar-refractivity contribution >= 4 is 32.7 Å². The molecule has 5 aromatic rings. The van der Waals surface area contributed by atoms with Crippen LogP contribution in [0, 0.1) is 5.92 Å². The highest BCUT2D eigenvalue weighted by Crippen LogP contribution is 2.36. The van der Waals surface area contributed by atoms with Crippen LogP contribution in [0.25, 0.3) is 44.0 Å². The van der Waals surface area contributed by atoms with E-state index in [2.05, 4.69) is 71.7 Å². The zero-order chi connectivity index (χ0) is 19.9. The fourth-order valence-electron chi connectivity index (χ4n) is 5.19. The molecular weight excluding hydrogens is 366 g/mol. The van der Waals surface area contributed by atoms with Crippen LogP contribution in [0.3, 0.4) is 0 Å². The minimum absolute atomic E-state index is 0.833. The lowest BCUT2D eigenvalue weighted by atomic mass is 9.85. The van der Waals surface area contributed by atoms with Crippen LogP contribution in [0.2, 0.25) is 0 Å². The molecule has 0 bridgehead atoms. The van der Waals surface area contributed by atoms with E-state index in [9.17, 15) is 0 Å². The van der Waals surface area contributed by atoms with Crippen LogP contribution in [-0.2, 0) is 6.42 Å². The molecule has 1 aliphatic carbocycles. The molecule has 0 aliphatic heterocycles. The summed E-state index contributed by atoms with van der Waals surface area (Å²) in [4.78, 5) is 4.67. The van der Waals surface area contributed by atoms with Crippen LogP contribution in [0.1, 0.15) is 37.7 Å². The van der Waals surface area contributed by atoms with E-state index in [0.717, 1.165) is 28.3 Å². The van der Waals surface area contributed by atoms with Gasteiger partial charge in [-0.05, 0) is 59.0 Å². The molecule has 0 atom stereocenters. The first-order valence-corrected chi connectivity index (χ1v) is 11.1. The quantitative estimate of drug-likeness (QED) is 0.312. The Hall–Kier alpha value is -3.13. The monoisotopic (exact) mass is 391 g/mol. The van der Waals surface area contributed by atoms with Gasteiger partial charge in [0.05, 0.1) is 5.69 Å². The van der Waals surface area contributed by atoms with Crippen molar-refractivity contribution in [2.24, 2.45) is 5.92 Å². The van der Waals surface area contributed by atoms with Crippen molar-refractivity contribution in [3.63, 3.8) is 0 Å². The van der Waals surface area contributed by atoms with E-state index in [-0.39, 0.29) is 0 Å². The zero-order valence-corrected chi connectivity index (χ0v) is 17.1. The number of rotatable bonds is 3. The molecule has 6 rings (SSSR count). The maximum atomic E-state index is 6.25. The molecule has 2 aromatic heterocycles. The second kappa shape index (κ2) is 7.28. The van der Waals surface area contributed by atoms with Gasteiger partial charge in [0, 0.05) is 22.5 Å². The van der Waals surface area contributed by atoms with Crippen molar-refractivity contribution in [3.05, 3.63) is 78.5 Å². The van der Waals surface area contributed by atoms with Crippen LogP contribution >= 0.6 is 0 Å². The second-order valence-corrected chi connectivity index (χ2v) is 8.73. The van der Waals surface area contributed by atoms with Gasteiger partial charge >= 0.3 is 0 Å². The van der Waals surface area contributed by atoms with Gasteiger partial charge in [0.1, 0.15) is 11.2 Å². The lowest BCUT2D eigenvalue weighted by Crippen LogP contribution is -2.09. The van der Waals surface area contributed by atoms with Gasteiger partial charge < -0.3 is 4.42 Å². The summed E-state index contributed by atoms with van der Waals surface area (Å²) in [7, 11) is 0. The average Bonchev–Trinajstić information content (AvgIpc) is 3.18. The number of furan rings is 1. The first-order chi connectivity index (χ1) is 14.8. The lowest BCUT2D eigenvalue weighted by Gasteiger charge is -2.21. The van der Waals surface area contributed by atoms with Crippen LogP contribution in [0.15, 0.2) is 77.3 Å². The summed E-state index contributed by atoms with van der Waals surface area (Å²) in [5, 5.41) is 4.86. The summed E-state index contributed by atoms with van der Waals surface area (Å²) in [6.45, 7) is 0. The van der Waals surface area contributed by atoms with Crippen LogP contribution < -0.4 is 0 Å². The molecule has 2 heterocycles. The maximum Gasteiger partial charge on any atom is 0.136 e. The molecular formula is C28H25NO. The van der Waals surface area contributed by atoms with Crippen molar-refractivity contribution in [2.75, 3.05) is 0 Å². The minimum Gasteiger partial charge on any atom is -0.456 e. The van der Waals surface area contributed by atoms with Crippen LogP contribution in [-0.4, -0.2) is 4.98 Å². The Bertz CT molecular complexity index is 1360. The summed E-state index contributed by atoms with van der Waals surface area (Å²) >= 11 is 0. The van der Waals surface area contributed by atoms with Gasteiger partial charge in [0.2, 0.25) is 0 Å². The molecule has 2 nitrogen and oxygen atoms in total. The van der Waals surface area contributed by atoms with Crippen molar-refractivity contribution in [1.29, 1.82) is 0 Å². The van der Waals surface area contributed by atoms with Crippen molar-refractivity contribution in [2.45, 2.75) is 38.5 Å². The number of nitrogens with zero attached hydrogens (tertiary/aromatic N) is 1. The van der Waals surface area contributed by atoms with E-state index in [0.29, 0.717) is 0 Å². The highest BCUT2D eigenvalue weighted by molar-refractivity contribution is 6.19. The first kappa shape index (κ1) is 17.7. The third-order valence-corrected chi connectivity index (χ3v) is 6.73. The maximum absolute atomic E-state index is 6.25.